The summed E-state index contributed by atoms with van der Waals surface area (Å²) < 4.78 is 0. The van der Waals surface area contributed by atoms with Crippen LogP contribution in [0.3, 0.4) is 0 Å². The summed E-state index contributed by atoms with van der Waals surface area (Å²) in [6.07, 6.45) is 2.57. The second-order valence-corrected chi connectivity index (χ2v) is 3.59. The highest BCUT2D eigenvalue weighted by atomic mass is 15.3. The highest BCUT2D eigenvalue weighted by Crippen LogP contribution is 2.15. The van der Waals surface area contributed by atoms with E-state index in [1.165, 1.54) is 0 Å². The van der Waals surface area contributed by atoms with Crippen LogP contribution in [0.5, 0.6) is 0 Å². The van der Waals surface area contributed by atoms with Crippen molar-refractivity contribution in [2.45, 2.75) is 27.2 Å². The Morgan fingerprint density at radius 2 is 1.91 bits per heavy atom. The zero-order valence-corrected chi connectivity index (χ0v) is 7.33. The van der Waals surface area contributed by atoms with Crippen LogP contribution in [0, 0.1) is 5.41 Å². The van der Waals surface area contributed by atoms with E-state index in [-0.39, 0.29) is 11.4 Å². The summed E-state index contributed by atoms with van der Waals surface area (Å²) >= 11 is 0. The molecule has 0 aromatic heterocycles. The van der Waals surface area contributed by atoms with Gasteiger partial charge in [0.05, 0.1) is 0 Å². The number of hydrogen-bond acceptors (Lipinski definition) is 2. The molecule has 0 saturated heterocycles. The van der Waals surface area contributed by atoms with Gasteiger partial charge in [0.1, 0.15) is 0 Å². The molecule has 0 heterocycles. The van der Waals surface area contributed by atoms with Gasteiger partial charge in [-0.2, -0.15) is 5.10 Å². The number of rotatable bonds is 2. The van der Waals surface area contributed by atoms with Gasteiger partial charge in [0, 0.05) is 6.21 Å². The Bertz CT molecular complexity index is 160. The molecule has 0 spiro atoms. The van der Waals surface area contributed by atoms with Gasteiger partial charge in [-0.15, -0.1) is 5.10 Å². The average Bonchev–Trinajstić information content (AvgIpc) is 1.78. The van der Waals surface area contributed by atoms with Gasteiger partial charge in [-0.05, 0) is 11.8 Å². The van der Waals surface area contributed by atoms with Crippen LogP contribution in [-0.4, -0.2) is 12.2 Å². The van der Waals surface area contributed by atoms with E-state index < -0.39 is 0 Å². The molecule has 0 radical (unpaired) electrons. The van der Waals surface area contributed by atoms with Crippen molar-refractivity contribution in [1.82, 2.24) is 0 Å². The Morgan fingerprint density at radius 3 is 2.27 bits per heavy atom. The summed E-state index contributed by atoms with van der Waals surface area (Å²) in [6.45, 7) is 6.36. The van der Waals surface area contributed by atoms with Crippen LogP contribution in [0.4, 0.5) is 0 Å². The predicted octanol–water partition coefficient (Wildman–Crippen LogP) is 0.682. The van der Waals surface area contributed by atoms with Crippen LogP contribution in [0.15, 0.2) is 10.2 Å². The third-order valence-electron chi connectivity index (χ3n) is 0.959. The number of guanidine groups is 1. The normalized spacial score (nSPS) is 11.9. The van der Waals surface area contributed by atoms with Gasteiger partial charge in [-0.3, -0.25) is 0 Å². The molecule has 0 fully saturated rings. The van der Waals surface area contributed by atoms with E-state index >= 15 is 0 Å². The van der Waals surface area contributed by atoms with E-state index in [0.717, 1.165) is 6.42 Å². The third-order valence-corrected chi connectivity index (χ3v) is 0.959. The van der Waals surface area contributed by atoms with Gasteiger partial charge >= 0.3 is 0 Å². The summed E-state index contributed by atoms with van der Waals surface area (Å²) in [5, 5.41) is 7.14. The van der Waals surface area contributed by atoms with Crippen molar-refractivity contribution >= 4 is 12.2 Å². The molecule has 4 nitrogen and oxygen atoms in total. The molecule has 0 atom stereocenters. The molecular weight excluding hydrogens is 140 g/mol. The molecule has 0 rings (SSSR count). The Kier molecular flexibility index (Phi) is 3.57. The van der Waals surface area contributed by atoms with Crippen LogP contribution in [-0.2, 0) is 0 Å². The minimum Gasteiger partial charge on any atom is -0.369 e. The molecule has 0 aliphatic carbocycles. The first-order chi connectivity index (χ1) is 4.92. The number of hydrogen-bond donors (Lipinski definition) is 2. The van der Waals surface area contributed by atoms with E-state index in [0.29, 0.717) is 0 Å². The maximum atomic E-state index is 5.06. The van der Waals surface area contributed by atoms with Crippen LogP contribution in [0.1, 0.15) is 27.2 Å². The molecule has 0 saturated carbocycles. The Hall–Kier alpha value is -1.06. The summed E-state index contributed by atoms with van der Waals surface area (Å²) in [6, 6.07) is 0. The number of nitrogens with two attached hydrogens (primary N) is 2. The molecule has 0 bridgehead atoms. The van der Waals surface area contributed by atoms with Crippen molar-refractivity contribution in [3.8, 4) is 0 Å². The van der Waals surface area contributed by atoms with E-state index in [4.69, 9.17) is 11.5 Å². The van der Waals surface area contributed by atoms with E-state index in [2.05, 4.69) is 31.0 Å². The first kappa shape index (κ1) is 9.94. The zero-order valence-electron chi connectivity index (χ0n) is 7.33. The van der Waals surface area contributed by atoms with Gasteiger partial charge in [-0.25, -0.2) is 0 Å². The predicted molar refractivity (Wildman–Crippen MR) is 48.4 cm³/mol. The highest BCUT2D eigenvalue weighted by molar-refractivity contribution is 5.76. The van der Waals surface area contributed by atoms with Gasteiger partial charge < -0.3 is 11.5 Å². The van der Waals surface area contributed by atoms with Crippen LogP contribution in [0.2, 0.25) is 0 Å². The fourth-order valence-corrected chi connectivity index (χ4v) is 0.422. The van der Waals surface area contributed by atoms with Gasteiger partial charge in [-0.1, -0.05) is 20.8 Å². The molecule has 0 aliphatic rings. The first-order valence-electron chi connectivity index (χ1n) is 3.52. The Morgan fingerprint density at radius 1 is 1.36 bits per heavy atom. The molecule has 0 amide bonds. The molecule has 0 aromatic carbocycles. The smallest absolute Gasteiger partial charge is 0.211 e. The fraction of sp³-hybridized carbons (Fsp3) is 0.714. The summed E-state index contributed by atoms with van der Waals surface area (Å²) in [4.78, 5) is 0. The lowest BCUT2D eigenvalue weighted by atomic mass is 9.93. The topological polar surface area (TPSA) is 76.8 Å². The third kappa shape index (κ3) is 8.94. The van der Waals surface area contributed by atoms with Crippen molar-refractivity contribution in [2.75, 3.05) is 0 Å². The van der Waals surface area contributed by atoms with Crippen LogP contribution < -0.4 is 11.5 Å². The largest absolute Gasteiger partial charge is 0.369 e. The molecular formula is C7H16N4. The lowest BCUT2D eigenvalue weighted by Gasteiger charge is -2.13. The van der Waals surface area contributed by atoms with Crippen molar-refractivity contribution in [3.63, 3.8) is 0 Å². The highest BCUT2D eigenvalue weighted by Gasteiger charge is 2.06. The summed E-state index contributed by atoms with van der Waals surface area (Å²) in [5.41, 5.74) is 10.4. The van der Waals surface area contributed by atoms with Gasteiger partial charge in [0.2, 0.25) is 5.96 Å². The molecule has 4 heteroatoms. The van der Waals surface area contributed by atoms with E-state index in [1.807, 2.05) is 0 Å². The van der Waals surface area contributed by atoms with Gasteiger partial charge in [0.15, 0.2) is 0 Å². The first-order valence-corrected chi connectivity index (χ1v) is 3.52. The van der Waals surface area contributed by atoms with Crippen LogP contribution >= 0.6 is 0 Å². The maximum Gasteiger partial charge on any atom is 0.211 e. The molecule has 11 heavy (non-hydrogen) atoms. The van der Waals surface area contributed by atoms with E-state index in [9.17, 15) is 0 Å². The molecule has 0 aromatic rings. The van der Waals surface area contributed by atoms with Crippen molar-refractivity contribution in [3.05, 3.63) is 0 Å². The minimum atomic E-state index is -0.00448. The maximum absolute atomic E-state index is 5.06. The number of nitrogens with zero attached hydrogens (tertiary/aromatic N) is 2. The molecule has 4 N–H and O–H groups in total. The van der Waals surface area contributed by atoms with Crippen molar-refractivity contribution in [1.29, 1.82) is 0 Å². The lowest BCUT2D eigenvalue weighted by molar-refractivity contribution is 0.437. The summed E-state index contributed by atoms with van der Waals surface area (Å²) in [5.74, 6) is -0.00448. The fourth-order valence-electron chi connectivity index (χ4n) is 0.422. The Labute approximate surface area is 67.4 Å². The van der Waals surface area contributed by atoms with Crippen molar-refractivity contribution < 1.29 is 0 Å². The second kappa shape index (κ2) is 3.95. The molecule has 0 unspecified atom stereocenters. The van der Waals surface area contributed by atoms with Crippen molar-refractivity contribution in [2.24, 2.45) is 27.1 Å². The monoisotopic (exact) mass is 156 g/mol. The minimum absolute atomic E-state index is 0.00448. The standard InChI is InChI=1S/C7H16N4/c1-7(2,3)4-5-10-11-6(8)9/h5H,4H2,1-3H3,(H4,8,9,11). The SMILES string of the molecule is CC(C)(C)CC=NN=C(N)N. The quantitative estimate of drug-likeness (QED) is 0.350. The molecule has 0 aliphatic heterocycles. The average molecular weight is 156 g/mol. The summed E-state index contributed by atoms with van der Waals surface area (Å²) in [7, 11) is 0. The van der Waals surface area contributed by atoms with Crippen LogP contribution in [0.25, 0.3) is 0 Å². The second-order valence-electron chi connectivity index (χ2n) is 3.59. The van der Waals surface area contributed by atoms with Gasteiger partial charge in [0.25, 0.3) is 0 Å². The van der Waals surface area contributed by atoms with E-state index in [1.54, 1.807) is 6.21 Å². The lowest BCUT2D eigenvalue weighted by Crippen LogP contribution is -2.21. The zero-order chi connectivity index (χ0) is 8.91. The molecule has 64 valence electrons. The Balaban J connectivity index is 3.71.